The van der Waals surface area contributed by atoms with Crippen molar-refractivity contribution in [2.24, 2.45) is 5.92 Å². The summed E-state index contributed by atoms with van der Waals surface area (Å²) in [6.07, 6.45) is 0.944. The third-order valence-corrected chi connectivity index (χ3v) is 2.85. The molecule has 0 aliphatic rings. The summed E-state index contributed by atoms with van der Waals surface area (Å²) in [6.45, 7) is 13.3. The second kappa shape index (κ2) is 7.67. The van der Waals surface area contributed by atoms with Gasteiger partial charge in [0.2, 0.25) is 0 Å². The van der Waals surface area contributed by atoms with Gasteiger partial charge in [-0.3, -0.25) is 4.79 Å². The SMILES string of the molecule is CCCNC(C)(CN(CC)CC(C)C)C(=O)O. The van der Waals surface area contributed by atoms with Gasteiger partial charge in [-0.25, -0.2) is 0 Å². The summed E-state index contributed by atoms with van der Waals surface area (Å²) in [4.78, 5) is 13.6. The Morgan fingerprint density at radius 3 is 2.35 bits per heavy atom. The Hall–Kier alpha value is -0.610. The average molecular weight is 244 g/mol. The molecule has 0 bridgehead atoms. The van der Waals surface area contributed by atoms with Crippen molar-refractivity contribution in [1.82, 2.24) is 10.2 Å². The molecule has 0 spiro atoms. The molecule has 0 saturated heterocycles. The van der Waals surface area contributed by atoms with Crippen LogP contribution in [0.3, 0.4) is 0 Å². The van der Waals surface area contributed by atoms with E-state index in [9.17, 15) is 9.90 Å². The van der Waals surface area contributed by atoms with Crippen molar-refractivity contribution >= 4 is 5.97 Å². The van der Waals surface area contributed by atoms with Crippen LogP contribution in [0.2, 0.25) is 0 Å². The summed E-state index contributed by atoms with van der Waals surface area (Å²) in [7, 11) is 0. The second-order valence-electron chi connectivity index (χ2n) is 5.29. The summed E-state index contributed by atoms with van der Waals surface area (Å²) in [5.41, 5.74) is -0.846. The molecular weight excluding hydrogens is 216 g/mol. The van der Waals surface area contributed by atoms with Gasteiger partial charge in [0.15, 0.2) is 0 Å². The van der Waals surface area contributed by atoms with Crippen molar-refractivity contribution < 1.29 is 9.90 Å². The van der Waals surface area contributed by atoms with Crippen LogP contribution in [-0.4, -0.2) is 47.7 Å². The maximum Gasteiger partial charge on any atom is 0.324 e. The Bertz CT molecular complexity index is 231. The Morgan fingerprint density at radius 2 is 2.00 bits per heavy atom. The third kappa shape index (κ3) is 6.03. The minimum atomic E-state index is -0.846. The molecule has 0 fully saturated rings. The van der Waals surface area contributed by atoms with E-state index in [0.717, 1.165) is 26.1 Å². The molecule has 0 amide bonds. The van der Waals surface area contributed by atoms with Crippen LogP contribution in [0.4, 0.5) is 0 Å². The first-order chi connectivity index (χ1) is 7.85. The topological polar surface area (TPSA) is 52.6 Å². The van der Waals surface area contributed by atoms with Gasteiger partial charge in [-0.05, 0) is 32.4 Å². The van der Waals surface area contributed by atoms with Crippen LogP contribution in [-0.2, 0) is 4.79 Å². The number of carboxylic acid groups (broad SMARTS) is 1. The van der Waals surface area contributed by atoms with E-state index in [0.29, 0.717) is 12.5 Å². The van der Waals surface area contributed by atoms with Gasteiger partial charge in [0, 0.05) is 13.1 Å². The highest BCUT2D eigenvalue weighted by molar-refractivity contribution is 5.78. The fraction of sp³-hybridized carbons (Fsp3) is 0.923. The van der Waals surface area contributed by atoms with Crippen LogP contribution < -0.4 is 5.32 Å². The summed E-state index contributed by atoms with van der Waals surface area (Å²) >= 11 is 0. The largest absolute Gasteiger partial charge is 0.480 e. The van der Waals surface area contributed by atoms with Gasteiger partial charge < -0.3 is 15.3 Å². The van der Waals surface area contributed by atoms with Crippen LogP contribution in [0.25, 0.3) is 0 Å². The van der Waals surface area contributed by atoms with Crippen LogP contribution >= 0.6 is 0 Å². The molecule has 0 aromatic carbocycles. The fourth-order valence-corrected chi connectivity index (χ4v) is 1.87. The van der Waals surface area contributed by atoms with E-state index in [4.69, 9.17) is 0 Å². The van der Waals surface area contributed by atoms with Gasteiger partial charge in [0.25, 0.3) is 0 Å². The molecular formula is C13H28N2O2. The fourth-order valence-electron chi connectivity index (χ4n) is 1.87. The lowest BCUT2D eigenvalue weighted by Gasteiger charge is -2.33. The lowest BCUT2D eigenvalue weighted by atomic mass is 10.0. The number of nitrogens with zero attached hydrogens (tertiary/aromatic N) is 1. The predicted molar refractivity (Wildman–Crippen MR) is 71.3 cm³/mol. The van der Waals surface area contributed by atoms with E-state index in [1.807, 2.05) is 6.92 Å². The Kier molecular flexibility index (Phi) is 7.39. The average Bonchev–Trinajstić information content (AvgIpc) is 2.24. The maximum absolute atomic E-state index is 11.4. The molecule has 17 heavy (non-hydrogen) atoms. The van der Waals surface area contributed by atoms with Crippen LogP contribution in [0, 0.1) is 5.92 Å². The summed E-state index contributed by atoms with van der Waals surface area (Å²) in [5.74, 6) is -0.215. The minimum absolute atomic E-state index is 0.553. The number of aliphatic carboxylic acids is 1. The van der Waals surface area contributed by atoms with Crippen molar-refractivity contribution in [3.63, 3.8) is 0 Å². The predicted octanol–water partition coefficient (Wildman–Crippen LogP) is 1.81. The van der Waals surface area contributed by atoms with Crippen LogP contribution in [0.1, 0.15) is 41.0 Å². The minimum Gasteiger partial charge on any atom is -0.480 e. The van der Waals surface area contributed by atoms with Crippen molar-refractivity contribution in [3.05, 3.63) is 0 Å². The normalized spacial score (nSPS) is 15.2. The number of hydrogen-bond donors (Lipinski definition) is 2. The van der Waals surface area contributed by atoms with E-state index >= 15 is 0 Å². The standard InChI is InChI=1S/C13H28N2O2/c1-6-8-14-13(5,12(16)17)10-15(7-2)9-11(3)4/h11,14H,6-10H2,1-5H3,(H,16,17). The molecule has 0 aliphatic heterocycles. The second-order valence-corrected chi connectivity index (χ2v) is 5.29. The third-order valence-electron chi connectivity index (χ3n) is 2.85. The zero-order valence-corrected chi connectivity index (χ0v) is 11.9. The lowest BCUT2D eigenvalue weighted by molar-refractivity contribution is -0.145. The summed E-state index contributed by atoms with van der Waals surface area (Å²) in [5, 5.41) is 12.5. The van der Waals surface area contributed by atoms with Crippen molar-refractivity contribution in [2.45, 2.75) is 46.6 Å². The van der Waals surface area contributed by atoms with Gasteiger partial charge in [-0.1, -0.05) is 27.7 Å². The number of nitrogens with one attached hydrogen (secondary N) is 1. The highest BCUT2D eigenvalue weighted by atomic mass is 16.4. The molecule has 0 saturated carbocycles. The number of hydrogen-bond acceptors (Lipinski definition) is 3. The van der Waals surface area contributed by atoms with E-state index in [2.05, 4.69) is 31.0 Å². The van der Waals surface area contributed by atoms with Crippen LogP contribution in [0.5, 0.6) is 0 Å². The van der Waals surface area contributed by atoms with E-state index < -0.39 is 11.5 Å². The zero-order valence-electron chi connectivity index (χ0n) is 11.9. The van der Waals surface area contributed by atoms with Crippen molar-refractivity contribution in [1.29, 1.82) is 0 Å². The first-order valence-corrected chi connectivity index (χ1v) is 6.56. The van der Waals surface area contributed by atoms with Crippen molar-refractivity contribution in [2.75, 3.05) is 26.2 Å². The quantitative estimate of drug-likeness (QED) is 0.649. The molecule has 1 atom stereocenters. The molecule has 0 aromatic heterocycles. The summed E-state index contributed by atoms with van der Waals surface area (Å²) in [6, 6.07) is 0. The molecule has 1 unspecified atom stereocenters. The smallest absolute Gasteiger partial charge is 0.324 e. The number of rotatable bonds is 9. The van der Waals surface area contributed by atoms with E-state index in [1.165, 1.54) is 0 Å². The molecule has 4 heteroatoms. The number of carbonyl (C=O) groups is 1. The Morgan fingerprint density at radius 1 is 1.41 bits per heavy atom. The molecule has 0 heterocycles. The number of carboxylic acids is 1. The van der Waals surface area contributed by atoms with Gasteiger partial charge in [0.05, 0.1) is 0 Å². The van der Waals surface area contributed by atoms with E-state index in [1.54, 1.807) is 6.92 Å². The Balaban J connectivity index is 4.54. The lowest BCUT2D eigenvalue weighted by Crippen LogP contribution is -2.57. The molecule has 0 radical (unpaired) electrons. The molecule has 2 N–H and O–H groups in total. The molecule has 0 rings (SSSR count). The first-order valence-electron chi connectivity index (χ1n) is 6.56. The van der Waals surface area contributed by atoms with Gasteiger partial charge >= 0.3 is 5.97 Å². The van der Waals surface area contributed by atoms with E-state index in [-0.39, 0.29) is 0 Å². The molecule has 0 aliphatic carbocycles. The number of likely N-dealkylation sites (N-methyl/N-ethyl adjacent to an activating group) is 1. The van der Waals surface area contributed by atoms with Gasteiger partial charge in [-0.2, -0.15) is 0 Å². The van der Waals surface area contributed by atoms with Crippen molar-refractivity contribution in [3.8, 4) is 0 Å². The van der Waals surface area contributed by atoms with Crippen LogP contribution in [0.15, 0.2) is 0 Å². The molecule has 0 aromatic rings. The highest BCUT2D eigenvalue weighted by Gasteiger charge is 2.34. The summed E-state index contributed by atoms with van der Waals surface area (Å²) < 4.78 is 0. The monoisotopic (exact) mass is 244 g/mol. The Labute approximate surface area is 105 Å². The first kappa shape index (κ1) is 16.4. The molecule has 4 nitrogen and oxygen atoms in total. The highest BCUT2D eigenvalue weighted by Crippen LogP contribution is 2.09. The molecule has 102 valence electrons. The van der Waals surface area contributed by atoms with Gasteiger partial charge in [0.1, 0.15) is 5.54 Å². The zero-order chi connectivity index (χ0) is 13.5. The van der Waals surface area contributed by atoms with Gasteiger partial charge in [-0.15, -0.1) is 0 Å². The maximum atomic E-state index is 11.4.